The lowest BCUT2D eigenvalue weighted by atomic mass is 9.98. The molecular formula is C29H22N4O5S. The highest BCUT2D eigenvalue weighted by atomic mass is 32.2. The zero-order valence-corrected chi connectivity index (χ0v) is 21.8. The molecule has 194 valence electrons. The van der Waals surface area contributed by atoms with Gasteiger partial charge >= 0.3 is 0 Å². The Hall–Kier alpha value is -5.01. The van der Waals surface area contributed by atoms with E-state index in [0.717, 1.165) is 22.9 Å². The first kappa shape index (κ1) is 25.6. The van der Waals surface area contributed by atoms with Crippen molar-refractivity contribution in [1.82, 2.24) is 10.2 Å². The van der Waals surface area contributed by atoms with E-state index in [1.165, 1.54) is 0 Å². The number of rotatable bonds is 9. The van der Waals surface area contributed by atoms with Gasteiger partial charge in [0.15, 0.2) is 0 Å². The van der Waals surface area contributed by atoms with Crippen LogP contribution >= 0.6 is 11.8 Å². The Bertz CT molecular complexity index is 1620. The van der Waals surface area contributed by atoms with Gasteiger partial charge in [-0.05, 0) is 17.7 Å². The van der Waals surface area contributed by atoms with Gasteiger partial charge < -0.3 is 18.3 Å². The van der Waals surface area contributed by atoms with Crippen LogP contribution in [-0.2, 0) is 4.79 Å². The van der Waals surface area contributed by atoms with E-state index in [9.17, 15) is 10.1 Å². The molecule has 5 aromatic rings. The van der Waals surface area contributed by atoms with Crippen LogP contribution in [0.1, 0.15) is 5.56 Å². The number of nitrogens with one attached hydrogen (secondary N) is 1. The fraction of sp³-hybridized carbons (Fsp3) is 0.103. The molecule has 0 saturated heterocycles. The molecule has 2 heterocycles. The average molecular weight is 539 g/mol. The van der Waals surface area contributed by atoms with Crippen LogP contribution in [-0.4, -0.2) is 36.1 Å². The van der Waals surface area contributed by atoms with Crippen molar-refractivity contribution in [3.63, 3.8) is 0 Å². The Morgan fingerprint density at radius 2 is 1.54 bits per heavy atom. The van der Waals surface area contributed by atoms with Gasteiger partial charge in [0.2, 0.25) is 17.7 Å². The Balaban J connectivity index is 1.35. The molecule has 0 atom stereocenters. The summed E-state index contributed by atoms with van der Waals surface area (Å²) >= 11 is 1.06. The highest BCUT2D eigenvalue weighted by Crippen LogP contribution is 2.41. The van der Waals surface area contributed by atoms with Gasteiger partial charge in [-0.15, -0.1) is 10.2 Å². The lowest BCUT2D eigenvalue weighted by Crippen LogP contribution is -2.14. The number of furan rings is 1. The molecule has 0 aliphatic heterocycles. The lowest BCUT2D eigenvalue weighted by Gasteiger charge is -2.05. The Labute approximate surface area is 228 Å². The standard InChI is InChI=1S/C29H22N4O5S/c1-35-21-13-20(14-22(15-21)36-2)27-32-33-29(38-27)39-17-24(34)31-28-23(16-30)25(18-9-5-3-6-10-18)26(37-28)19-11-7-4-8-12-19/h3-15H,17H2,1-2H3,(H,31,34). The molecule has 0 aliphatic rings. The smallest absolute Gasteiger partial charge is 0.277 e. The molecule has 0 unspecified atom stereocenters. The van der Waals surface area contributed by atoms with Crippen molar-refractivity contribution in [3.8, 4) is 51.5 Å². The number of ether oxygens (including phenoxy) is 2. The van der Waals surface area contributed by atoms with Crippen LogP contribution in [0.5, 0.6) is 11.5 Å². The lowest BCUT2D eigenvalue weighted by molar-refractivity contribution is -0.113. The molecule has 0 fully saturated rings. The second-order valence-electron chi connectivity index (χ2n) is 8.17. The molecule has 1 amide bonds. The molecule has 10 heteroatoms. The maximum absolute atomic E-state index is 12.9. The number of nitrogens with zero attached hydrogens (tertiary/aromatic N) is 3. The molecule has 0 aliphatic carbocycles. The average Bonchev–Trinajstić information content (AvgIpc) is 3.61. The zero-order valence-electron chi connectivity index (χ0n) is 21.0. The molecule has 2 aromatic heterocycles. The number of aromatic nitrogens is 2. The summed E-state index contributed by atoms with van der Waals surface area (Å²) in [7, 11) is 3.10. The van der Waals surface area contributed by atoms with Crippen LogP contribution in [0.4, 0.5) is 5.88 Å². The number of nitriles is 1. The molecule has 39 heavy (non-hydrogen) atoms. The number of anilines is 1. The van der Waals surface area contributed by atoms with Crippen LogP contribution in [0.3, 0.4) is 0 Å². The molecule has 0 saturated carbocycles. The summed E-state index contributed by atoms with van der Waals surface area (Å²) in [5.74, 6) is 1.54. The predicted octanol–water partition coefficient (Wildman–Crippen LogP) is 6.28. The second kappa shape index (κ2) is 11.6. The van der Waals surface area contributed by atoms with Gasteiger partial charge in [-0.1, -0.05) is 72.4 Å². The van der Waals surface area contributed by atoms with Crippen molar-refractivity contribution in [2.75, 3.05) is 25.3 Å². The number of hydrogen-bond acceptors (Lipinski definition) is 9. The summed E-state index contributed by atoms with van der Waals surface area (Å²) in [6.45, 7) is 0. The first-order chi connectivity index (χ1) is 19.1. The monoisotopic (exact) mass is 538 g/mol. The van der Waals surface area contributed by atoms with Crippen molar-refractivity contribution in [1.29, 1.82) is 5.26 Å². The van der Waals surface area contributed by atoms with E-state index in [0.29, 0.717) is 28.4 Å². The predicted molar refractivity (Wildman–Crippen MR) is 146 cm³/mol. The van der Waals surface area contributed by atoms with Gasteiger partial charge in [0.25, 0.3) is 5.22 Å². The first-order valence-corrected chi connectivity index (χ1v) is 12.8. The van der Waals surface area contributed by atoms with Gasteiger partial charge in [-0.2, -0.15) is 5.26 Å². The normalized spacial score (nSPS) is 10.6. The third-order valence-electron chi connectivity index (χ3n) is 5.70. The third kappa shape index (κ3) is 5.63. The molecule has 5 rings (SSSR count). The Morgan fingerprint density at radius 3 is 2.15 bits per heavy atom. The van der Waals surface area contributed by atoms with Gasteiger partial charge in [0, 0.05) is 22.8 Å². The molecule has 9 nitrogen and oxygen atoms in total. The highest BCUT2D eigenvalue weighted by Gasteiger charge is 2.24. The topological polar surface area (TPSA) is 123 Å². The summed E-state index contributed by atoms with van der Waals surface area (Å²) in [4.78, 5) is 12.9. The minimum absolute atomic E-state index is 0.0457. The minimum atomic E-state index is -0.396. The molecule has 3 aromatic carbocycles. The molecule has 0 spiro atoms. The number of thioether (sulfide) groups is 1. The van der Waals surface area contributed by atoms with Crippen LogP contribution in [0.2, 0.25) is 0 Å². The Kier molecular flexibility index (Phi) is 7.61. The maximum Gasteiger partial charge on any atom is 0.277 e. The van der Waals surface area contributed by atoms with Crippen LogP contribution in [0, 0.1) is 11.3 Å². The van der Waals surface area contributed by atoms with E-state index in [2.05, 4.69) is 21.6 Å². The summed E-state index contributed by atoms with van der Waals surface area (Å²) in [6.07, 6.45) is 0. The number of hydrogen-bond donors (Lipinski definition) is 1. The molecular weight excluding hydrogens is 516 g/mol. The minimum Gasteiger partial charge on any atom is -0.497 e. The summed E-state index contributed by atoms with van der Waals surface area (Å²) < 4.78 is 22.4. The largest absolute Gasteiger partial charge is 0.497 e. The van der Waals surface area contributed by atoms with Crippen molar-refractivity contribution < 1.29 is 23.1 Å². The van der Waals surface area contributed by atoms with Crippen molar-refractivity contribution in [2.45, 2.75) is 5.22 Å². The summed E-state index contributed by atoms with van der Waals surface area (Å²) in [5, 5.41) is 21.0. The molecule has 1 N–H and O–H groups in total. The number of benzene rings is 3. The fourth-order valence-corrected chi connectivity index (χ4v) is 4.47. The fourth-order valence-electron chi connectivity index (χ4n) is 3.90. The SMILES string of the molecule is COc1cc(OC)cc(-c2nnc(SCC(=O)Nc3oc(-c4ccccc4)c(-c4ccccc4)c3C#N)o2)c1. The Morgan fingerprint density at radius 1 is 0.897 bits per heavy atom. The highest BCUT2D eigenvalue weighted by molar-refractivity contribution is 7.99. The first-order valence-electron chi connectivity index (χ1n) is 11.8. The molecule has 0 radical (unpaired) electrons. The number of methoxy groups -OCH3 is 2. The van der Waals surface area contributed by atoms with Crippen molar-refractivity contribution in [3.05, 3.63) is 84.4 Å². The van der Waals surface area contributed by atoms with E-state index >= 15 is 0 Å². The zero-order chi connectivity index (χ0) is 27.2. The van der Waals surface area contributed by atoms with Gasteiger partial charge in [0.1, 0.15) is 28.9 Å². The number of carbonyl (C=O) groups excluding carboxylic acids is 1. The number of carbonyl (C=O) groups is 1. The van der Waals surface area contributed by atoms with Crippen molar-refractivity contribution in [2.24, 2.45) is 0 Å². The van der Waals surface area contributed by atoms with Gasteiger partial charge in [0.05, 0.1) is 20.0 Å². The van der Waals surface area contributed by atoms with Gasteiger partial charge in [-0.25, -0.2) is 0 Å². The third-order valence-corrected chi connectivity index (χ3v) is 6.52. The van der Waals surface area contributed by atoms with Crippen molar-refractivity contribution >= 4 is 23.6 Å². The second-order valence-corrected chi connectivity index (χ2v) is 9.09. The van der Waals surface area contributed by atoms with Gasteiger partial charge in [-0.3, -0.25) is 10.1 Å². The van der Waals surface area contributed by atoms with E-state index in [-0.39, 0.29) is 28.3 Å². The van der Waals surface area contributed by atoms with E-state index in [4.69, 9.17) is 18.3 Å². The van der Waals surface area contributed by atoms with E-state index in [1.807, 2.05) is 60.7 Å². The van der Waals surface area contributed by atoms with Crippen LogP contribution < -0.4 is 14.8 Å². The summed E-state index contributed by atoms with van der Waals surface area (Å²) in [6, 6.07) is 26.3. The maximum atomic E-state index is 12.9. The quantitative estimate of drug-likeness (QED) is 0.216. The van der Waals surface area contributed by atoms with E-state index in [1.54, 1.807) is 32.4 Å². The van der Waals surface area contributed by atoms with Crippen LogP contribution in [0.25, 0.3) is 33.9 Å². The van der Waals surface area contributed by atoms with E-state index < -0.39 is 5.91 Å². The van der Waals surface area contributed by atoms with Crippen LogP contribution in [0.15, 0.2) is 92.9 Å². The number of amides is 1. The summed E-state index contributed by atoms with van der Waals surface area (Å²) in [5.41, 5.74) is 3.06. The molecule has 0 bridgehead atoms.